The van der Waals surface area contributed by atoms with Gasteiger partial charge in [-0.15, -0.1) is 0 Å². The number of ether oxygens (including phenoxy) is 2. The van der Waals surface area contributed by atoms with E-state index in [1.807, 2.05) is 31.2 Å². The Bertz CT molecular complexity index is 1190. The number of halogens is 1. The molecule has 2 aliphatic carbocycles. The van der Waals surface area contributed by atoms with Crippen LogP contribution in [-0.2, 0) is 14.3 Å². The van der Waals surface area contributed by atoms with Gasteiger partial charge >= 0.3 is 12.1 Å². The van der Waals surface area contributed by atoms with E-state index in [4.69, 9.17) is 9.47 Å². The van der Waals surface area contributed by atoms with E-state index < -0.39 is 23.8 Å². The molecule has 7 nitrogen and oxygen atoms in total. The topological polar surface area (TPSA) is 97.8 Å². The third-order valence-corrected chi connectivity index (χ3v) is 8.26. The van der Waals surface area contributed by atoms with Crippen molar-refractivity contribution in [1.82, 2.24) is 10.3 Å². The Morgan fingerprint density at radius 1 is 1.30 bits per heavy atom. The van der Waals surface area contributed by atoms with Crippen molar-refractivity contribution >= 4 is 18.1 Å². The number of hydrogen-bond donors (Lipinski definition) is 2. The summed E-state index contributed by atoms with van der Waals surface area (Å²) in [6.45, 7) is 3.92. The molecule has 1 aromatic heterocycles. The van der Waals surface area contributed by atoms with E-state index in [0.29, 0.717) is 19.4 Å². The fourth-order valence-corrected chi connectivity index (χ4v) is 6.70. The lowest BCUT2D eigenvalue weighted by atomic mass is 9.55. The number of esters is 1. The number of alkyl carbamates (subject to hydrolysis) is 1. The molecule has 196 valence electrons. The highest BCUT2D eigenvalue weighted by atomic mass is 19.1. The van der Waals surface area contributed by atoms with Crippen LogP contribution in [0.1, 0.15) is 45.2 Å². The molecule has 0 spiro atoms. The molecule has 2 aromatic rings. The number of fused-ring (bicyclic) bond motifs is 2. The van der Waals surface area contributed by atoms with Crippen LogP contribution in [0.25, 0.3) is 17.2 Å². The average molecular weight is 509 g/mol. The summed E-state index contributed by atoms with van der Waals surface area (Å²) < 4.78 is 24.2. The maximum atomic E-state index is 13.6. The maximum absolute atomic E-state index is 13.6. The molecule has 2 saturated carbocycles. The minimum atomic E-state index is -1.55. The zero-order valence-electron chi connectivity index (χ0n) is 21.1. The quantitative estimate of drug-likeness (QED) is 0.566. The van der Waals surface area contributed by atoms with E-state index in [-0.39, 0.29) is 35.5 Å². The molecule has 1 amide bonds. The van der Waals surface area contributed by atoms with Crippen LogP contribution in [0.15, 0.2) is 48.7 Å². The number of hydrogen-bond acceptors (Lipinski definition) is 6. The first kappa shape index (κ1) is 25.4. The Morgan fingerprint density at radius 3 is 2.86 bits per heavy atom. The molecule has 2 N–H and O–H groups in total. The third kappa shape index (κ3) is 4.99. The molecule has 8 heteroatoms. The van der Waals surface area contributed by atoms with E-state index >= 15 is 0 Å². The van der Waals surface area contributed by atoms with Crippen LogP contribution in [0.4, 0.5) is 9.18 Å². The molecule has 7 atom stereocenters. The first-order chi connectivity index (χ1) is 17.8. The SMILES string of the molecule is CCOC(=O)NC1CC[C@@H]2[C@@H](C1)C[C@@]1(O)C(=O)O[C@H](C)[C@H]1[C@H]2C=Cc1ccc(-c2cccc(F)c2)cn1. The van der Waals surface area contributed by atoms with Gasteiger partial charge in [-0.2, -0.15) is 0 Å². The van der Waals surface area contributed by atoms with Crippen LogP contribution in [0.3, 0.4) is 0 Å². The number of benzene rings is 1. The molecule has 1 saturated heterocycles. The molecular weight excluding hydrogens is 475 g/mol. The molecule has 1 aromatic carbocycles. The molecule has 1 aliphatic heterocycles. The minimum Gasteiger partial charge on any atom is -0.460 e. The first-order valence-electron chi connectivity index (χ1n) is 13.1. The van der Waals surface area contributed by atoms with E-state index in [0.717, 1.165) is 29.7 Å². The number of nitrogens with one attached hydrogen (secondary N) is 1. The van der Waals surface area contributed by atoms with Crippen LogP contribution < -0.4 is 5.32 Å². The summed E-state index contributed by atoms with van der Waals surface area (Å²) in [5, 5.41) is 14.5. The molecule has 0 radical (unpaired) electrons. The zero-order chi connectivity index (χ0) is 26.2. The second-order valence-corrected chi connectivity index (χ2v) is 10.5. The maximum Gasteiger partial charge on any atom is 0.407 e. The molecule has 0 bridgehead atoms. The summed E-state index contributed by atoms with van der Waals surface area (Å²) >= 11 is 0. The summed E-state index contributed by atoms with van der Waals surface area (Å²) in [4.78, 5) is 29.3. The lowest BCUT2D eigenvalue weighted by Gasteiger charge is -2.50. The number of pyridine rings is 1. The molecule has 1 unspecified atom stereocenters. The predicted octanol–water partition coefficient (Wildman–Crippen LogP) is 4.74. The number of aliphatic hydroxyl groups is 1. The van der Waals surface area contributed by atoms with Crippen LogP contribution in [0.5, 0.6) is 0 Å². The second-order valence-electron chi connectivity index (χ2n) is 10.5. The number of aromatic nitrogens is 1. The fourth-order valence-electron chi connectivity index (χ4n) is 6.70. The monoisotopic (exact) mass is 508 g/mol. The second kappa shape index (κ2) is 10.2. The number of rotatable bonds is 5. The Balaban J connectivity index is 1.37. The van der Waals surface area contributed by atoms with Gasteiger partial charge in [-0.25, -0.2) is 14.0 Å². The standard InChI is InChI=1S/C29H33FN2O5/c1-3-36-28(34)32-23-10-11-24-20(14-23)15-29(35)26(17(2)37-27(29)33)25(24)12-9-22-8-7-19(16-31-22)18-5-4-6-21(30)13-18/h4-9,12-13,16-17,20,23-26,35H,3,10-11,14-15H2,1-2H3,(H,32,34)/t17-,20+,23?,24-,25+,26+,29+/m1/s1. The van der Waals surface area contributed by atoms with Crippen molar-refractivity contribution in [1.29, 1.82) is 0 Å². The van der Waals surface area contributed by atoms with Gasteiger partial charge in [-0.3, -0.25) is 4.98 Å². The van der Waals surface area contributed by atoms with Crippen molar-refractivity contribution in [2.24, 2.45) is 23.7 Å². The summed E-state index contributed by atoms with van der Waals surface area (Å²) in [5.41, 5.74) is 0.767. The van der Waals surface area contributed by atoms with Crippen molar-refractivity contribution in [3.8, 4) is 11.1 Å². The number of carbonyl (C=O) groups excluding carboxylic acids is 2. The van der Waals surface area contributed by atoms with Crippen molar-refractivity contribution in [3.05, 3.63) is 60.2 Å². The molecular formula is C29H33FN2O5. The number of cyclic esters (lactones) is 1. The Labute approximate surface area is 216 Å². The van der Waals surface area contributed by atoms with Gasteiger partial charge in [-0.1, -0.05) is 24.3 Å². The van der Waals surface area contributed by atoms with Crippen molar-refractivity contribution in [2.75, 3.05) is 6.61 Å². The first-order valence-corrected chi connectivity index (χ1v) is 13.1. The van der Waals surface area contributed by atoms with Gasteiger partial charge in [0.05, 0.1) is 12.3 Å². The van der Waals surface area contributed by atoms with Crippen molar-refractivity contribution in [2.45, 2.75) is 57.3 Å². The fraction of sp³-hybridized carbons (Fsp3) is 0.483. The average Bonchev–Trinajstić information content (AvgIpc) is 3.09. The van der Waals surface area contributed by atoms with Crippen molar-refractivity contribution < 1.29 is 28.6 Å². The van der Waals surface area contributed by atoms with Crippen LogP contribution in [0.2, 0.25) is 0 Å². The van der Waals surface area contributed by atoms with Gasteiger partial charge < -0.3 is 19.9 Å². The summed E-state index contributed by atoms with van der Waals surface area (Å²) in [5.74, 6) is -0.990. The number of carbonyl (C=O) groups is 2. The van der Waals surface area contributed by atoms with Crippen LogP contribution in [0, 0.1) is 29.5 Å². The van der Waals surface area contributed by atoms with Gasteiger partial charge in [-0.05, 0) is 87.1 Å². The normalized spacial score (nSPS) is 32.9. The molecule has 3 fully saturated rings. The van der Waals surface area contributed by atoms with Crippen LogP contribution >= 0.6 is 0 Å². The highest BCUT2D eigenvalue weighted by molar-refractivity contribution is 5.82. The Kier molecular flexibility index (Phi) is 7.03. The Morgan fingerprint density at radius 2 is 2.14 bits per heavy atom. The van der Waals surface area contributed by atoms with Gasteiger partial charge in [0, 0.05) is 23.7 Å². The van der Waals surface area contributed by atoms with Gasteiger partial charge in [0.25, 0.3) is 0 Å². The Hall–Kier alpha value is -3.26. The minimum absolute atomic E-state index is 0.0535. The molecule has 2 heterocycles. The molecule has 5 rings (SSSR count). The smallest absolute Gasteiger partial charge is 0.407 e. The van der Waals surface area contributed by atoms with E-state index in [9.17, 15) is 19.1 Å². The van der Waals surface area contributed by atoms with Crippen LogP contribution in [-0.4, -0.2) is 46.5 Å². The van der Waals surface area contributed by atoms with Crippen molar-refractivity contribution in [3.63, 3.8) is 0 Å². The number of nitrogens with zero attached hydrogens (tertiary/aromatic N) is 1. The highest BCUT2D eigenvalue weighted by Gasteiger charge is 2.63. The summed E-state index contributed by atoms with van der Waals surface area (Å²) in [6, 6.07) is 10.1. The number of allylic oxidation sites excluding steroid dienone is 1. The third-order valence-electron chi connectivity index (χ3n) is 8.26. The highest BCUT2D eigenvalue weighted by Crippen LogP contribution is 2.55. The lowest BCUT2D eigenvalue weighted by Crippen LogP contribution is -2.56. The zero-order valence-corrected chi connectivity index (χ0v) is 21.1. The largest absolute Gasteiger partial charge is 0.460 e. The van der Waals surface area contributed by atoms with E-state index in [1.54, 1.807) is 19.2 Å². The van der Waals surface area contributed by atoms with Gasteiger partial charge in [0.1, 0.15) is 11.9 Å². The lowest BCUT2D eigenvalue weighted by molar-refractivity contribution is -0.162. The van der Waals surface area contributed by atoms with Gasteiger partial charge in [0.2, 0.25) is 0 Å². The molecule has 37 heavy (non-hydrogen) atoms. The summed E-state index contributed by atoms with van der Waals surface area (Å²) in [6.07, 6.45) is 7.54. The predicted molar refractivity (Wildman–Crippen MR) is 136 cm³/mol. The molecule has 3 aliphatic rings. The van der Waals surface area contributed by atoms with Gasteiger partial charge in [0.15, 0.2) is 5.60 Å². The van der Waals surface area contributed by atoms with E-state index in [2.05, 4.69) is 16.4 Å². The van der Waals surface area contributed by atoms with E-state index in [1.165, 1.54) is 12.1 Å². The number of amides is 1. The summed E-state index contributed by atoms with van der Waals surface area (Å²) in [7, 11) is 0.